The second kappa shape index (κ2) is 9.90. The summed E-state index contributed by atoms with van der Waals surface area (Å²) in [5, 5.41) is 4.41. The first kappa shape index (κ1) is 21.9. The Hall–Kier alpha value is -3.28. The van der Waals surface area contributed by atoms with Crippen molar-refractivity contribution in [2.45, 2.75) is 19.8 Å². The molecule has 0 atom stereocenters. The van der Waals surface area contributed by atoms with Gasteiger partial charge in [-0.1, -0.05) is 54.1 Å². The first-order chi connectivity index (χ1) is 15.5. The SMILES string of the molecule is Cc1sc(-c2ccccc2)nc1-c1ccc(NC(=O)CCC(=O)c2ccc(Cl)cc2)cc1. The third-order valence-corrected chi connectivity index (χ3v) is 6.28. The summed E-state index contributed by atoms with van der Waals surface area (Å²) in [4.78, 5) is 30.4. The number of ketones is 1. The van der Waals surface area contributed by atoms with E-state index in [0.29, 0.717) is 16.3 Å². The van der Waals surface area contributed by atoms with Crippen LogP contribution in [0.25, 0.3) is 21.8 Å². The number of amides is 1. The molecular formula is C26H21ClN2O2S. The van der Waals surface area contributed by atoms with Crippen molar-refractivity contribution in [1.82, 2.24) is 4.98 Å². The van der Waals surface area contributed by atoms with E-state index < -0.39 is 0 Å². The normalized spacial score (nSPS) is 10.7. The Kier molecular flexibility index (Phi) is 6.78. The fourth-order valence-electron chi connectivity index (χ4n) is 3.31. The number of carbonyl (C=O) groups is 2. The van der Waals surface area contributed by atoms with E-state index in [9.17, 15) is 9.59 Å². The highest BCUT2D eigenvalue weighted by molar-refractivity contribution is 7.15. The Balaban J connectivity index is 1.37. The molecule has 0 aliphatic rings. The largest absolute Gasteiger partial charge is 0.326 e. The highest BCUT2D eigenvalue weighted by Crippen LogP contribution is 2.33. The van der Waals surface area contributed by atoms with Gasteiger partial charge in [0.2, 0.25) is 5.91 Å². The van der Waals surface area contributed by atoms with Crippen LogP contribution < -0.4 is 5.32 Å². The molecule has 1 amide bonds. The number of aryl methyl sites for hydroxylation is 1. The van der Waals surface area contributed by atoms with Crippen LogP contribution >= 0.6 is 22.9 Å². The maximum atomic E-state index is 12.3. The second-order valence-corrected chi connectivity index (χ2v) is 8.99. The summed E-state index contributed by atoms with van der Waals surface area (Å²) < 4.78 is 0. The molecule has 3 aromatic carbocycles. The molecule has 160 valence electrons. The number of nitrogens with zero attached hydrogens (tertiary/aromatic N) is 1. The lowest BCUT2D eigenvalue weighted by Gasteiger charge is -2.06. The van der Waals surface area contributed by atoms with Crippen LogP contribution in [0.2, 0.25) is 5.02 Å². The summed E-state index contributed by atoms with van der Waals surface area (Å²) in [6, 6.07) is 24.4. The van der Waals surface area contributed by atoms with Crippen molar-refractivity contribution in [3.8, 4) is 21.8 Å². The van der Waals surface area contributed by atoms with Gasteiger partial charge < -0.3 is 5.32 Å². The van der Waals surface area contributed by atoms with E-state index in [1.807, 2.05) is 42.5 Å². The Bertz CT molecular complexity index is 1230. The van der Waals surface area contributed by atoms with E-state index >= 15 is 0 Å². The fourth-order valence-corrected chi connectivity index (χ4v) is 4.38. The minimum atomic E-state index is -0.198. The molecule has 4 nitrogen and oxygen atoms in total. The number of anilines is 1. The number of halogens is 1. The van der Waals surface area contributed by atoms with Gasteiger partial charge >= 0.3 is 0 Å². The number of hydrogen-bond donors (Lipinski definition) is 1. The lowest BCUT2D eigenvalue weighted by Crippen LogP contribution is -2.13. The maximum Gasteiger partial charge on any atom is 0.224 e. The zero-order valence-corrected chi connectivity index (χ0v) is 19.0. The van der Waals surface area contributed by atoms with Gasteiger partial charge in [0.05, 0.1) is 5.69 Å². The third-order valence-electron chi connectivity index (χ3n) is 5.00. The lowest BCUT2D eigenvalue weighted by atomic mass is 10.1. The average molecular weight is 461 g/mol. The van der Waals surface area contributed by atoms with Crippen molar-refractivity contribution in [3.63, 3.8) is 0 Å². The molecule has 0 radical (unpaired) electrons. The average Bonchev–Trinajstić information content (AvgIpc) is 3.20. The van der Waals surface area contributed by atoms with E-state index in [4.69, 9.17) is 16.6 Å². The van der Waals surface area contributed by atoms with Gasteiger partial charge in [0.25, 0.3) is 0 Å². The van der Waals surface area contributed by atoms with Gasteiger partial charge in [-0.05, 0) is 43.3 Å². The molecule has 0 aliphatic carbocycles. The first-order valence-corrected chi connectivity index (χ1v) is 11.4. The number of nitrogens with one attached hydrogen (secondary N) is 1. The van der Waals surface area contributed by atoms with Crippen LogP contribution in [0.4, 0.5) is 5.69 Å². The molecule has 6 heteroatoms. The third kappa shape index (κ3) is 5.31. The van der Waals surface area contributed by atoms with Crippen LogP contribution in [0, 0.1) is 6.92 Å². The number of thiazole rings is 1. The molecule has 32 heavy (non-hydrogen) atoms. The number of Topliss-reactive ketones (excluding diaryl/α,β-unsaturated/α-hetero) is 1. The maximum absolute atomic E-state index is 12.3. The van der Waals surface area contributed by atoms with Crippen molar-refractivity contribution in [3.05, 3.63) is 94.3 Å². The number of aromatic nitrogens is 1. The van der Waals surface area contributed by atoms with E-state index in [1.165, 1.54) is 0 Å². The molecule has 0 unspecified atom stereocenters. The summed E-state index contributed by atoms with van der Waals surface area (Å²) in [6.07, 6.45) is 0.265. The van der Waals surface area contributed by atoms with Gasteiger partial charge in [0.15, 0.2) is 5.78 Å². The monoisotopic (exact) mass is 460 g/mol. The molecule has 1 N–H and O–H groups in total. The summed E-state index contributed by atoms with van der Waals surface area (Å²) in [7, 11) is 0. The molecule has 1 aromatic heterocycles. The zero-order valence-electron chi connectivity index (χ0n) is 17.5. The van der Waals surface area contributed by atoms with E-state index in [0.717, 1.165) is 26.7 Å². The number of rotatable bonds is 7. The van der Waals surface area contributed by atoms with Gasteiger partial charge in [0, 0.05) is 45.1 Å². The fraction of sp³-hybridized carbons (Fsp3) is 0.115. The number of carbonyl (C=O) groups excluding carboxylic acids is 2. The topological polar surface area (TPSA) is 59.1 Å². The quantitative estimate of drug-likeness (QED) is 0.301. The van der Waals surface area contributed by atoms with Crippen LogP contribution in [0.15, 0.2) is 78.9 Å². The molecule has 0 fully saturated rings. The Morgan fingerprint density at radius 3 is 2.25 bits per heavy atom. The highest BCUT2D eigenvalue weighted by Gasteiger charge is 2.13. The lowest BCUT2D eigenvalue weighted by molar-refractivity contribution is -0.116. The van der Waals surface area contributed by atoms with E-state index in [1.54, 1.807) is 35.6 Å². The predicted molar refractivity (Wildman–Crippen MR) is 131 cm³/mol. The summed E-state index contributed by atoms with van der Waals surface area (Å²) in [6.45, 7) is 2.06. The smallest absolute Gasteiger partial charge is 0.224 e. The Morgan fingerprint density at radius 2 is 1.56 bits per heavy atom. The van der Waals surface area contributed by atoms with Crippen molar-refractivity contribution < 1.29 is 9.59 Å². The van der Waals surface area contributed by atoms with Crippen LogP contribution in [-0.2, 0) is 4.79 Å². The molecule has 0 bridgehead atoms. The molecule has 0 aliphatic heterocycles. The van der Waals surface area contributed by atoms with Crippen LogP contribution in [-0.4, -0.2) is 16.7 Å². The molecule has 4 rings (SSSR count). The zero-order chi connectivity index (χ0) is 22.5. The highest BCUT2D eigenvalue weighted by atomic mass is 35.5. The molecule has 1 heterocycles. The molecule has 0 saturated heterocycles. The van der Waals surface area contributed by atoms with Crippen molar-refractivity contribution in [2.24, 2.45) is 0 Å². The minimum absolute atomic E-state index is 0.0830. The van der Waals surface area contributed by atoms with Crippen molar-refractivity contribution in [1.29, 1.82) is 0 Å². The number of benzene rings is 3. The minimum Gasteiger partial charge on any atom is -0.326 e. The van der Waals surface area contributed by atoms with Crippen molar-refractivity contribution >= 4 is 40.3 Å². The second-order valence-electron chi connectivity index (χ2n) is 7.35. The standard InChI is InChI=1S/C26H21ClN2O2S/c1-17-25(29-26(32-17)20-5-3-2-4-6-20)19-9-13-22(14-10-19)28-24(31)16-15-23(30)18-7-11-21(27)12-8-18/h2-14H,15-16H2,1H3,(H,28,31). The molecule has 0 spiro atoms. The summed E-state index contributed by atoms with van der Waals surface area (Å²) >= 11 is 7.51. The van der Waals surface area contributed by atoms with Crippen LogP contribution in [0.3, 0.4) is 0 Å². The Morgan fingerprint density at radius 1 is 0.875 bits per heavy atom. The molecular weight excluding hydrogens is 440 g/mol. The molecule has 0 saturated carbocycles. The summed E-state index contributed by atoms with van der Waals surface area (Å²) in [5.41, 5.74) is 4.29. The van der Waals surface area contributed by atoms with E-state index in [-0.39, 0.29) is 24.5 Å². The van der Waals surface area contributed by atoms with Gasteiger partial charge in [0.1, 0.15) is 5.01 Å². The van der Waals surface area contributed by atoms with Gasteiger partial charge in [-0.25, -0.2) is 4.98 Å². The molecule has 4 aromatic rings. The Labute approximate surface area is 195 Å². The predicted octanol–water partition coefficient (Wildman–Crippen LogP) is 7.04. The number of hydrogen-bond acceptors (Lipinski definition) is 4. The van der Waals surface area contributed by atoms with Gasteiger partial charge in [-0.3, -0.25) is 9.59 Å². The van der Waals surface area contributed by atoms with Gasteiger partial charge in [-0.2, -0.15) is 0 Å². The van der Waals surface area contributed by atoms with Gasteiger partial charge in [-0.15, -0.1) is 11.3 Å². The van der Waals surface area contributed by atoms with E-state index in [2.05, 4.69) is 24.4 Å². The van der Waals surface area contributed by atoms with Crippen LogP contribution in [0.5, 0.6) is 0 Å². The summed E-state index contributed by atoms with van der Waals surface area (Å²) in [5.74, 6) is -0.281. The first-order valence-electron chi connectivity index (χ1n) is 10.2. The van der Waals surface area contributed by atoms with Crippen LogP contribution in [0.1, 0.15) is 28.1 Å². The van der Waals surface area contributed by atoms with Crippen molar-refractivity contribution in [2.75, 3.05) is 5.32 Å².